The fourth-order valence-corrected chi connectivity index (χ4v) is 2.92. The first-order chi connectivity index (χ1) is 12.4. The van der Waals surface area contributed by atoms with Crippen molar-refractivity contribution in [3.05, 3.63) is 50.0 Å². The van der Waals surface area contributed by atoms with Crippen LogP contribution in [-0.2, 0) is 4.84 Å². The Morgan fingerprint density at radius 2 is 2.04 bits per heavy atom. The first kappa shape index (κ1) is 19.3. The molecule has 2 aromatic rings. The minimum atomic E-state index is -1.26. The normalized spacial score (nSPS) is 13.6. The van der Waals surface area contributed by atoms with Crippen LogP contribution < -0.4 is 10.8 Å². The van der Waals surface area contributed by atoms with Crippen LogP contribution in [0.15, 0.2) is 22.8 Å². The van der Waals surface area contributed by atoms with Crippen molar-refractivity contribution in [1.82, 2.24) is 10.5 Å². The molecule has 2 N–H and O–H groups in total. The van der Waals surface area contributed by atoms with Gasteiger partial charge in [0.2, 0.25) is 0 Å². The molecule has 0 bridgehead atoms. The summed E-state index contributed by atoms with van der Waals surface area (Å²) in [5, 5.41) is 2.90. The van der Waals surface area contributed by atoms with Gasteiger partial charge in [-0.3, -0.25) is 9.63 Å². The van der Waals surface area contributed by atoms with Gasteiger partial charge in [0, 0.05) is 6.20 Å². The quantitative estimate of drug-likeness (QED) is 0.451. The number of rotatable bonds is 6. The molecule has 0 radical (unpaired) electrons. The van der Waals surface area contributed by atoms with Gasteiger partial charge in [0.05, 0.1) is 32.4 Å². The van der Waals surface area contributed by atoms with Crippen molar-refractivity contribution >= 4 is 56.5 Å². The van der Waals surface area contributed by atoms with Crippen molar-refractivity contribution < 1.29 is 18.4 Å². The smallest absolute Gasteiger partial charge is 0.277 e. The third kappa shape index (κ3) is 4.43. The SMILES string of the molecule is O=C(NOCC1CC1)c1cc(Br)c(F)c(F)c1Nc1ncc(Cl)cc1Cl. The number of hydrogen-bond acceptors (Lipinski definition) is 4. The van der Waals surface area contributed by atoms with Crippen molar-refractivity contribution in [2.45, 2.75) is 12.8 Å². The molecule has 3 rings (SSSR count). The Kier molecular flexibility index (Phi) is 5.96. The van der Waals surface area contributed by atoms with Gasteiger partial charge in [-0.1, -0.05) is 23.2 Å². The molecule has 10 heteroatoms. The fraction of sp³-hybridized carbons (Fsp3) is 0.250. The molecule has 1 aliphatic carbocycles. The highest BCUT2D eigenvalue weighted by Crippen LogP contribution is 2.33. The van der Waals surface area contributed by atoms with E-state index in [1.807, 2.05) is 0 Å². The molecule has 1 fully saturated rings. The summed E-state index contributed by atoms with van der Waals surface area (Å²) in [6.45, 7) is 0.365. The molecule has 0 aliphatic heterocycles. The summed E-state index contributed by atoms with van der Waals surface area (Å²) in [6.07, 6.45) is 3.36. The van der Waals surface area contributed by atoms with Crippen molar-refractivity contribution in [3.63, 3.8) is 0 Å². The number of aromatic nitrogens is 1. The van der Waals surface area contributed by atoms with E-state index in [-0.39, 0.29) is 25.9 Å². The standard InChI is InChI=1S/C16H12BrCl2F2N3O2/c17-10-4-9(16(25)24-26-6-7-1-2-7)14(13(21)12(10)20)23-15-11(19)3-8(18)5-22-15/h3-5,7H,1-2,6H2,(H,22,23)(H,24,25). The second-order valence-electron chi connectivity index (χ2n) is 5.70. The average molecular weight is 467 g/mol. The lowest BCUT2D eigenvalue weighted by atomic mass is 10.1. The summed E-state index contributed by atoms with van der Waals surface area (Å²) in [4.78, 5) is 21.4. The van der Waals surface area contributed by atoms with E-state index in [1.54, 1.807) is 0 Å². The predicted molar refractivity (Wildman–Crippen MR) is 97.7 cm³/mol. The summed E-state index contributed by atoms with van der Waals surface area (Å²) in [5.74, 6) is -2.73. The summed E-state index contributed by atoms with van der Waals surface area (Å²) in [6, 6.07) is 2.52. The molecule has 138 valence electrons. The molecule has 1 aliphatic rings. The van der Waals surface area contributed by atoms with Gasteiger partial charge >= 0.3 is 0 Å². The second kappa shape index (κ2) is 8.04. The van der Waals surface area contributed by atoms with Gasteiger partial charge < -0.3 is 5.32 Å². The van der Waals surface area contributed by atoms with E-state index in [4.69, 9.17) is 28.0 Å². The first-order valence-electron chi connectivity index (χ1n) is 7.54. The Hall–Kier alpha value is -1.48. The van der Waals surface area contributed by atoms with Gasteiger partial charge in [0.1, 0.15) is 5.82 Å². The number of amides is 1. The van der Waals surface area contributed by atoms with E-state index in [0.29, 0.717) is 12.5 Å². The lowest BCUT2D eigenvalue weighted by Gasteiger charge is -2.15. The number of nitrogens with one attached hydrogen (secondary N) is 2. The molecule has 1 heterocycles. The van der Waals surface area contributed by atoms with Gasteiger partial charge in [-0.25, -0.2) is 19.2 Å². The van der Waals surface area contributed by atoms with Crippen LogP contribution in [0.3, 0.4) is 0 Å². The zero-order chi connectivity index (χ0) is 18.8. The minimum Gasteiger partial charge on any atom is -0.336 e. The lowest BCUT2D eigenvalue weighted by molar-refractivity contribution is 0.0270. The van der Waals surface area contributed by atoms with Crippen LogP contribution in [0.1, 0.15) is 23.2 Å². The molecule has 0 atom stereocenters. The molecule has 5 nitrogen and oxygen atoms in total. The maximum absolute atomic E-state index is 14.5. The van der Waals surface area contributed by atoms with Crippen molar-refractivity contribution in [3.8, 4) is 0 Å². The zero-order valence-corrected chi connectivity index (χ0v) is 16.2. The largest absolute Gasteiger partial charge is 0.336 e. The Morgan fingerprint density at radius 1 is 1.31 bits per heavy atom. The van der Waals surface area contributed by atoms with E-state index in [0.717, 1.165) is 18.9 Å². The van der Waals surface area contributed by atoms with Crippen LogP contribution in [0.25, 0.3) is 0 Å². The van der Waals surface area contributed by atoms with E-state index in [9.17, 15) is 13.6 Å². The van der Waals surface area contributed by atoms with Crippen LogP contribution in [0, 0.1) is 17.6 Å². The van der Waals surface area contributed by atoms with Crippen molar-refractivity contribution in [2.75, 3.05) is 11.9 Å². The number of hydroxylamine groups is 1. The fourth-order valence-electron chi connectivity index (χ4n) is 2.09. The highest BCUT2D eigenvalue weighted by Gasteiger charge is 2.25. The highest BCUT2D eigenvalue weighted by molar-refractivity contribution is 9.10. The van der Waals surface area contributed by atoms with Gasteiger partial charge in [-0.15, -0.1) is 0 Å². The summed E-state index contributed by atoms with van der Waals surface area (Å²) < 4.78 is 28.2. The van der Waals surface area contributed by atoms with Crippen LogP contribution in [0.4, 0.5) is 20.3 Å². The average Bonchev–Trinajstić information content (AvgIpc) is 3.41. The Labute approximate surface area is 166 Å². The number of benzene rings is 1. The number of carbonyl (C=O) groups is 1. The molecule has 0 saturated heterocycles. The Morgan fingerprint density at radius 3 is 2.69 bits per heavy atom. The van der Waals surface area contributed by atoms with Crippen LogP contribution >= 0.6 is 39.1 Å². The maximum Gasteiger partial charge on any atom is 0.277 e. The molecule has 1 amide bonds. The van der Waals surface area contributed by atoms with E-state index in [2.05, 4.69) is 31.7 Å². The summed E-state index contributed by atoms with van der Waals surface area (Å²) >= 11 is 14.7. The van der Waals surface area contributed by atoms with Gasteiger partial charge in [0.25, 0.3) is 5.91 Å². The lowest BCUT2D eigenvalue weighted by Crippen LogP contribution is -2.26. The number of nitrogens with zero attached hydrogens (tertiary/aromatic N) is 1. The Balaban J connectivity index is 1.90. The number of anilines is 2. The monoisotopic (exact) mass is 465 g/mol. The van der Waals surface area contributed by atoms with Crippen LogP contribution in [0.2, 0.25) is 10.0 Å². The van der Waals surface area contributed by atoms with Crippen molar-refractivity contribution in [2.24, 2.45) is 5.92 Å². The molecule has 1 saturated carbocycles. The third-order valence-corrected chi connectivity index (χ3v) is 4.71. The van der Waals surface area contributed by atoms with Gasteiger partial charge in [0.15, 0.2) is 11.6 Å². The van der Waals surface area contributed by atoms with Gasteiger partial charge in [-0.2, -0.15) is 0 Å². The molecule has 1 aromatic carbocycles. The number of pyridine rings is 1. The molecular weight excluding hydrogens is 455 g/mol. The van der Waals surface area contributed by atoms with Crippen LogP contribution in [0.5, 0.6) is 0 Å². The molecule has 0 unspecified atom stereocenters. The number of carbonyl (C=O) groups excluding carboxylic acids is 1. The van der Waals surface area contributed by atoms with E-state index in [1.165, 1.54) is 12.3 Å². The predicted octanol–water partition coefficient (Wildman–Crippen LogP) is 5.24. The zero-order valence-electron chi connectivity index (χ0n) is 13.1. The topological polar surface area (TPSA) is 63.2 Å². The number of hydrogen-bond donors (Lipinski definition) is 2. The van der Waals surface area contributed by atoms with Crippen molar-refractivity contribution in [1.29, 1.82) is 0 Å². The molecule has 1 aromatic heterocycles. The molecule has 0 spiro atoms. The highest BCUT2D eigenvalue weighted by atomic mass is 79.9. The molecule has 26 heavy (non-hydrogen) atoms. The first-order valence-corrected chi connectivity index (χ1v) is 9.09. The van der Waals surface area contributed by atoms with Gasteiger partial charge in [-0.05, 0) is 46.8 Å². The number of halogens is 5. The van der Waals surface area contributed by atoms with Crippen LogP contribution in [-0.4, -0.2) is 17.5 Å². The minimum absolute atomic E-state index is 0.0182. The van der Waals surface area contributed by atoms with E-state index >= 15 is 0 Å². The van der Waals surface area contributed by atoms with E-state index < -0.39 is 23.2 Å². The summed E-state index contributed by atoms with van der Waals surface area (Å²) in [7, 11) is 0. The molecular formula is C16H12BrCl2F2N3O2. The summed E-state index contributed by atoms with van der Waals surface area (Å²) in [5.41, 5.74) is 1.63. The third-order valence-electron chi connectivity index (χ3n) is 3.64. The maximum atomic E-state index is 14.5. The second-order valence-corrected chi connectivity index (χ2v) is 7.40. The Bertz CT molecular complexity index is 866.